The van der Waals surface area contributed by atoms with Crippen LogP contribution in [0.2, 0.25) is 0 Å². The van der Waals surface area contributed by atoms with E-state index in [0.29, 0.717) is 18.2 Å². The Morgan fingerprint density at radius 1 is 1.06 bits per heavy atom. The molecule has 2 saturated heterocycles. The molecule has 0 aliphatic carbocycles. The lowest BCUT2D eigenvalue weighted by Gasteiger charge is -2.10. The summed E-state index contributed by atoms with van der Waals surface area (Å²) in [5.74, 6) is 0.722. The monoisotopic (exact) mass is 226 g/mol. The van der Waals surface area contributed by atoms with Crippen molar-refractivity contribution < 1.29 is 9.59 Å². The van der Waals surface area contributed by atoms with Crippen LogP contribution in [-0.2, 0) is 9.59 Å². The molecule has 0 aromatic heterocycles. The van der Waals surface area contributed by atoms with Crippen LogP contribution in [0.1, 0.15) is 33.1 Å². The first-order valence-electron chi connectivity index (χ1n) is 6.19. The van der Waals surface area contributed by atoms with E-state index in [0.717, 1.165) is 45.4 Å². The number of amides is 1. The highest BCUT2D eigenvalue weighted by molar-refractivity contribution is 5.82. The maximum atomic E-state index is 10.7. The van der Waals surface area contributed by atoms with Gasteiger partial charge in [-0.2, -0.15) is 0 Å². The molecule has 0 atom stereocenters. The van der Waals surface area contributed by atoms with Gasteiger partial charge in [0.1, 0.15) is 5.78 Å². The Kier molecular flexibility index (Phi) is 5.46. The molecule has 0 saturated carbocycles. The first-order valence-corrected chi connectivity index (χ1v) is 6.19. The van der Waals surface area contributed by atoms with Gasteiger partial charge in [0.2, 0.25) is 5.91 Å². The van der Waals surface area contributed by atoms with Crippen molar-refractivity contribution >= 4 is 11.7 Å². The van der Waals surface area contributed by atoms with Gasteiger partial charge in [-0.1, -0.05) is 6.92 Å². The van der Waals surface area contributed by atoms with E-state index in [1.807, 2.05) is 11.8 Å². The van der Waals surface area contributed by atoms with E-state index in [4.69, 9.17) is 0 Å². The molecular weight excluding hydrogens is 204 g/mol. The summed E-state index contributed by atoms with van der Waals surface area (Å²) in [6.45, 7) is 8.66. The summed E-state index contributed by atoms with van der Waals surface area (Å²) < 4.78 is 0. The van der Waals surface area contributed by atoms with Crippen molar-refractivity contribution in [2.75, 3.05) is 32.7 Å². The molecule has 2 fully saturated rings. The van der Waals surface area contributed by atoms with Crippen LogP contribution in [-0.4, -0.2) is 54.2 Å². The fourth-order valence-corrected chi connectivity index (χ4v) is 2.00. The molecule has 0 spiro atoms. The van der Waals surface area contributed by atoms with Crippen molar-refractivity contribution in [1.29, 1.82) is 0 Å². The van der Waals surface area contributed by atoms with Gasteiger partial charge in [-0.3, -0.25) is 14.5 Å². The molecule has 2 aliphatic heterocycles. The van der Waals surface area contributed by atoms with Gasteiger partial charge in [0.15, 0.2) is 0 Å². The lowest BCUT2D eigenvalue weighted by Crippen LogP contribution is -2.23. The number of carbonyl (C=O) groups excluding carboxylic acids is 2. The summed E-state index contributed by atoms with van der Waals surface area (Å²) in [6.07, 6.45) is 2.61. The highest BCUT2D eigenvalue weighted by atomic mass is 16.2. The molecule has 4 heteroatoms. The number of nitrogens with zero attached hydrogens (tertiary/aromatic N) is 2. The Morgan fingerprint density at radius 2 is 1.81 bits per heavy atom. The zero-order valence-electron chi connectivity index (χ0n) is 10.4. The molecule has 0 radical (unpaired) electrons. The summed E-state index contributed by atoms with van der Waals surface area (Å²) >= 11 is 0. The maximum absolute atomic E-state index is 10.7. The van der Waals surface area contributed by atoms with Crippen molar-refractivity contribution in [1.82, 2.24) is 9.80 Å². The molecule has 0 bridgehead atoms. The molecule has 1 amide bonds. The lowest BCUT2D eigenvalue weighted by molar-refractivity contribution is -0.127. The number of carbonyl (C=O) groups is 2. The zero-order chi connectivity index (χ0) is 12.0. The van der Waals surface area contributed by atoms with Gasteiger partial charge < -0.3 is 4.90 Å². The molecule has 0 unspecified atom stereocenters. The third-order valence-corrected chi connectivity index (χ3v) is 3.11. The zero-order valence-corrected chi connectivity index (χ0v) is 10.4. The molecule has 92 valence electrons. The molecule has 0 aromatic carbocycles. The lowest BCUT2D eigenvalue weighted by atomic mass is 10.4. The molecular formula is C12H22N2O2. The van der Waals surface area contributed by atoms with Gasteiger partial charge in [0.05, 0.1) is 6.54 Å². The van der Waals surface area contributed by atoms with E-state index in [1.165, 1.54) is 0 Å². The second-order valence-corrected chi connectivity index (χ2v) is 4.23. The Bertz CT molecular complexity index is 253. The minimum atomic E-state index is 0.326. The number of likely N-dealkylation sites (N-methyl/N-ethyl adjacent to an activating group) is 1. The fourth-order valence-electron chi connectivity index (χ4n) is 2.00. The fraction of sp³-hybridized carbons (Fsp3) is 0.833. The molecule has 0 aromatic rings. The Morgan fingerprint density at radius 3 is 2.06 bits per heavy atom. The van der Waals surface area contributed by atoms with E-state index in [1.54, 1.807) is 0 Å². The number of Topliss-reactive ketones (excluding diaryl/α,β-unsaturated/α-hetero) is 1. The minimum absolute atomic E-state index is 0.326. The van der Waals surface area contributed by atoms with Crippen LogP contribution < -0.4 is 0 Å². The van der Waals surface area contributed by atoms with E-state index in [-0.39, 0.29) is 0 Å². The topological polar surface area (TPSA) is 40.6 Å². The summed E-state index contributed by atoms with van der Waals surface area (Å²) in [7, 11) is 0. The second kappa shape index (κ2) is 6.63. The average molecular weight is 226 g/mol. The third-order valence-electron chi connectivity index (χ3n) is 3.11. The largest absolute Gasteiger partial charge is 0.343 e. The third kappa shape index (κ3) is 3.93. The van der Waals surface area contributed by atoms with Crippen LogP contribution in [0.15, 0.2) is 0 Å². The quantitative estimate of drug-likeness (QED) is 0.702. The number of likely N-dealkylation sites (tertiary alicyclic amines) is 2. The van der Waals surface area contributed by atoms with Crippen molar-refractivity contribution in [3.05, 3.63) is 0 Å². The summed E-state index contributed by atoms with van der Waals surface area (Å²) in [5.41, 5.74) is 0. The van der Waals surface area contributed by atoms with E-state index < -0.39 is 0 Å². The van der Waals surface area contributed by atoms with Crippen LogP contribution in [0.5, 0.6) is 0 Å². The molecule has 2 rings (SSSR count). The average Bonchev–Trinajstić information content (AvgIpc) is 2.87. The maximum Gasteiger partial charge on any atom is 0.222 e. The van der Waals surface area contributed by atoms with Crippen LogP contribution in [0.25, 0.3) is 0 Å². The number of rotatable bonds is 2. The molecule has 0 N–H and O–H groups in total. The normalized spacial score (nSPS) is 21.2. The molecule has 4 nitrogen and oxygen atoms in total. The van der Waals surface area contributed by atoms with E-state index in [9.17, 15) is 9.59 Å². The number of hydrogen-bond donors (Lipinski definition) is 0. The van der Waals surface area contributed by atoms with Crippen molar-refractivity contribution in [2.24, 2.45) is 0 Å². The van der Waals surface area contributed by atoms with Crippen molar-refractivity contribution in [3.8, 4) is 0 Å². The minimum Gasteiger partial charge on any atom is -0.343 e. The van der Waals surface area contributed by atoms with Gasteiger partial charge >= 0.3 is 0 Å². The summed E-state index contributed by atoms with van der Waals surface area (Å²) in [4.78, 5) is 25.3. The SMILES string of the molecule is CCN1CCC(=O)C1.CCN1CCCC1=O. The summed E-state index contributed by atoms with van der Waals surface area (Å²) in [5, 5.41) is 0. The smallest absolute Gasteiger partial charge is 0.222 e. The molecule has 2 heterocycles. The highest BCUT2D eigenvalue weighted by Gasteiger charge is 2.17. The second-order valence-electron chi connectivity index (χ2n) is 4.23. The number of hydrogen-bond acceptors (Lipinski definition) is 3. The van der Waals surface area contributed by atoms with Crippen LogP contribution in [0.4, 0.5) is 0 Å². The summed E-state index contributed by atoms with van der Waals surface area (Å²) in [6, 6.07) is 0. The first-order chi connectivity index (χ1) is 7.67. The van der Waals surface area contributed by atoms with Crippen molar-refractivity contribution in [3.63, 3.8) is 0 Å². The van der Waals surface area contributed by atoms with Gasteiger partial charge in [0.25, 0.3) is 0 Å². The van der Waals surface area contributed by atoms with Gasteiger partial charge in [-0.15, -0.1) is 0 Å². The van der Waals surface area contributed by atoms with Crippen LogP contribution in [0.3, 0.4) is 0 Å². The predicted octanol–water partition coefficient (Wildman–Crippen LogP) is 0.910. The van der Waals surface area contributed by atoms with Crippen LogP contribution in [0, 0.1) is 0 Å². The Balaban J connectivity index is 0.000000160. The van der Waals surface area contributed by atoms with Gasteiger partial charge in [0, 0.05) is 32.5 Å². The predicted molar refractivity (Wildman–Crippen MR) is 63.2 cm³/mol. The standard InChI is InChI=1S/2C6H11NO/c1-2-7-4-3-6(8)5-7;1-2-7-5-3-4-6(7)8/h2*2-5H2,1H3. The Labute approximate surface area is 97.6 Å². The molecule has 2 aliphatic rings. The van der Waals surface area contributed by atoms with Gasteiger partial charge in [-0.05, 0) is 19.9 Å². The highest BCUT2D eigenvalue weighted by Crippen LogP contribution is 2.07. The molecule has 16 heavy (non-hydrogen) atoms. The Hall–Kier alpha value is -0.900. The number of ketones is 1. The van der Waals surface area contributed by atoms with Crippen LogP contribution >= 0.6 is 0 Å². The van der Waals surface area contributed by atoms with Crippen molar-refractivity contribution in [2.45, 2.75) is 33.1 Å². The first kappa shape index (κ1) is 13.2. The van der Waals surface area contributed by atoms with Gasteiger partial charge in [-0.25, -0.2) is 0 Å². The van der Waals surface area contributed by atoms with E-state index in [2.05, 4.69) is 11.8 Å². The van der Waals surface area contributed by atoms with E-state index >= 15 is 0 Å².